The van der Waals surface area contributed by atoms with E-state index in [0.717, 1.165) is 13.8 Å². The summed E-state index contributed by atoms with van der Waals surface area (Å²) in [6, 6.07) is -1.08. The molecule has 1 fully saturated rings. The molecule has 28 heavy (non-hydrogen) atoms. The molecule has 11 nitrogen and oxygen atoms in total. The van der Waals surface area contributed by atoms with E-state index in [2.05, 4.69) is 5.32 Å². The summed E-state index contributed by atoms with van der Waals surface area (Å²) in [6.45, 7) is 5.29. The topological polar surface area (TPSA) is 144 Å². The molecule has 0 bridgehead atoms. The molecule has 0 spiro atoms. The van der Waals surface area contributed by atoms with Gasteiger partial charge in [-0.05, 0) is 6.92 Å². The SMILES string of the molecule is CC(=O)CO[C@@H]1O[C@H](COC(C)=O)[C@H](OC(C)=O)[C@H](OC(C)=O)[C@H]1NC(C)=O. The van der Waals surface area contributed by atoms with Crippen molar-refractivity contribution < 1.29 is 47.7 Å². The minimum absolute atomic E-state index is 0.312. The standard InChI is InChI=1S/C17H25NO10/c1-8(19)6-25-17-14(18-9(2)20)16(27-12(5)23)15(26-11(4)22)13(28-17)7-24-10(3)21/h13-17H,6-7H2,1-5H3,(H,18,20)/t13-,14-,15+,16-,17-/m1/s1. The van der Waals surface area contributed by atoms with Crippen LogP contribution in [0.2, 0.25) is 0 Å². The van der Waals surface area contributed by atoms with Gasteiger partial charge >= 0.3 is 17.9 Å². The van der Waals surface area contributed by atoms with Crippen LogP contribution in [0.4, 0.5) is 0 Å². The van der Waals surface area contributed by atoms with Crippen molar-refractivity contribution in [2.75, 3.05) is 13.2 Å². The molecule has 11 heteroatoms. The number of ketones is 1. The monoisotopic (exact) mass is 403 g/mol. The molecule has 1 heterocycles. The highest BCUT2D eigenvalue weighted by Gasteiger charge is 2.51. The van der Waals surface area contributed by atoms with E-state index in [1.807, 2.05) is 0 Å². The number of nitrogens with one attached hydrogen (secondary N) is 1. The van der Waals surface area contributed by atoms with Crippen molar-refractivity contribution in [3.8, 4) is 0 Å². The van der Waals surface area contributed by atoms with Crippen LogP contribution < -0.4 is 5.32 Å². The van der Waals surface area contributed by atoms with Crippen molar-refractivity contribution in [2.45, 2.75) is 65.3 Å². The van der Waals surface area contributed by atoms with Gasteiger partial charge in [0.15, 0.2) is 24.3 Å². The van der Waals surface area contributed by atoms with Gasteiger partial charge in [0, 0.05) is 27.7 Å². The number of Topliss-reactive ketones (excluding diaryl/α,β-unsaturated/α-hetero) is 1. The number of ether oxygens (including phenoxy) is 5. The fourth-order valence-electron chi connectivity index (χ4n) is 2.63. The van der Waals surface area contributed by atoms with Crippen LogP contribution in [0.25, 0.3) is 0 Å². The first-order chi connectivity index (χ1) is 13.0. The molecular formula is C17H25NO10. The minimum Gasteiger partial charge on any atom is -0.463 e. The van der Waals surface area contributed by atoms with Gasteiger partial charge in [0.25, 0.3) is 0 Å². The van der Waals surface area contributed by atoms with Gasteiger partial charge in [0.1, 0.15) is 25.4 Å². The van der Waals surface area contributed by atoms with Gasteiger partial charge < -0.3 is 29.0 Å². The lowest BCUT2D eigenvalue weighted by atomic mass is 9.96. The molecule has 1 aliphatic rings. The molecule has 0 aromatic rings. The minimum atomic E-state index is -1.23. The van der Waals surface area contributed by atoms with Crippen LogP contribution in [0, 0.1) is 0 Å². The Morgan fingerprint density at radius 1 is 0.857 bits per heavy atom. The third-order valence-electron chi connectivity index (χ3n) is 3.52. The zero-order valence-corrected chi connectivity index (χ0v) is 16.4. The van der Waals surface area contributed by atoms with Gasteiger partial charge in [-0.25, -0.2) is 0 Å². The van der Waals surface area contributed by atoms with Crippen LogP contribution in [0.3, 0.4) is 0 Å². The number of esters is 3. The second kappa shape index (κ2) is 10.7. The Labute approximate surface area is 161 Å². The molecule has 1 N–H and O–H groups in total. The second-order valence-corrected chi connectivity index (χ2v) is 6.23. The number of rotatable bonds is 8. The van der Waals surface area contributed by atoms with E-state index in [9.17, 15) is 24.0 Å². The van der Waals surface area contributed by atoms with Crippen molar-refractivity contribution in [1.82, 2.24) is 5.32 Å². The molecule has 1 amide bonds. The largest absolute Gasteiger partial charge is 0.463 e. The molecule has 0 unspecified atom stereocenters. The Kier molecular flexibility index (Phi) is 9.00. The number of amides is 1. The normalized spacial score (nSPS) is 26.7. The summed E-state index contributed by atoms with van der Waals surface area (Å²) in [5.74, 6) is -2.84. The molecule has 0 aliphatic carbocycles. The Balaban J connectivity index is 3.26. The van der Waals surface area contributed by atoms with Crippen molar-refractivity contribution in [1.29, 1.82) is 0 Å². The first kappa shape index (κ1) is 23.5. The zero-order chi connectivity index (χ0) is 21.4. The van der Waals surface area contributed by atoms with Crippen LogP contribution >= 0.6 is 0 Å². The summed E-state index contributed by atoms with van der Waals surface area (Å²) in [5, 5.41) is 2.52. The third kappa shape index (κ3) is 7.61. The van der Waals surface area contributed by atoms with Gasteiger partial charge in [-0.15, -0.1) is 0 Å². The van der Waals surface area contributed by atoms with Crippen molar-refractivity contribution in [2.24, 2.45) is 0 Å². The smallest absolute Gasteiger partial charge is 0.303 e. The lowest BCUT2D eigenvalue weighted by Gasteiger charge is -2.44. The van der Waals surface area contributed by atoms with Gasteiger partial charge in [0.05, 0.1) is 0 Å². The maximum absolute atomic E-state index is 11.6. The molecule has 1 saturated heterocycles. The number of carbonyl (C=O) groups is 5. The Morgan fingerprint density at radius 3 is 1.89 bits per heavy atom. The lowest BCUT2D eigenvalue weighted by Crippen LogP contribution is -2.66. The maximum Gasteiger partial charge on any atom is 0.303 e. The molecule has 1 rings (SSSR count). The summed E-state index contributed by atoms with van der Waals surface area (Å²) in [4.78, 5) is 57.3. The van der Waals surface area contributed by atoms with E-state index in [4.69, 9.17) is 23.7 Å². The van der Waals surface area contributed by atoms with Gasteiger partial charge in [-0.3, -0.25) is 24.0 Å². The maximum atomic E-state index is 11.6. The number of carbonyl (C=O) groups excluding carboxylic acids is 5. The molecule has 1 aliphatic heterocycles. The highest BCUT2D eigenvalue weighted by Crippen LogP contribution is 2.28. The van der Waals surface area contributed by atoms with Crippen molar-refractivity contribution >= 4 is 29.6 Å². The Bertz CT molecular complexity index is 575. The van der Waals surface area contributed by atoms with Crippen LogP contribution in [0.1, 0.15) is 34.6 Å². The van der Waals surface area contributed by atoms with Crippen LogP contribution in [-0.2, 0) is 47.7 Å². The van der Waals surface area contributed by atoms with Crippen LogP contribution in [-0.4, -0.2) is 73.5 Å². The quantitative estimate of drug-likeness (QED) is 0.406. The summed E-state index contributed by atoms with van der Waals surface area (Å²) in [5.41, 5.74) is 0. The summed E-state index contributed by atoms with van der Waals surface area (Å²) < 4.78 is 26.5. The molecule has 158 valence electrons. The van der Waals surface area contributed by atoms with E-state index in [-0.39, 0.29) is 19.0 Å². The van der Waals surface area contributed by atoms with Crippen molar-refractivity contribution in [3.63, 3.8) is 0 Å². The molecule has 0 aromatic heterocycles. The van der Waals surface area contributed by atoms with E-state index in [0.29, 0.717) is 0 Å². The van der Waals surface area contributed by atoms with E-state index in [1.54, 1.807) is 0 Å². The first-order valence-electron chi connectivity index (χ1n) is 8.52. The van der Waals surface area contributed by atoms with Gasteiger partial charge in [0.2, 0.25) is 5.91 Å². The lowest BCUT2D eigenvalue weighted by molar-refractivity contribution is -0.276. The number of hydrogen-bond donors (Lipinski definition) is 1. The summed E-state index contributed by atoms with van der Waals surface area (Å²) in [6.07, 6.45) is -4.71. The predicted octanol–water partition coefficient (Wildman–Crippen LogP) is -0.752. The second-order valence-electron chi connectivity index (χ2n) is 6.23. The molecular weight excluding hydrogens is 378 g/mol. The zero-order valence-electron chi connectivity index (χ0n) is 16.4. The Morgan fingerprint density at radius 2 is 1.43 bits per heavy atom. The molecule has 0 radical (unpaired) electrons. The summed E-state index contributed by atoms with van der Waals surface area (Å²) in [7, 11) is 0. The molecule has 0 saturated carbocycles. The highest BCUT2D eigenvalue weighted by molar-refractivity contribution is 5.76. The first-order valence-corrected chi connectivity index (χ1v) is 8.52. The van der Waals surface area contributed by atoms with E-state index in [1.165, 1.54) is 20.8 Å². The third-order valence-corrected chi connectivity index (χ3v) is 3.52. The summed E-state index contributed by atoms with van der Waals surface area (Å²) >= 11 is 0. The average Bonchev–Trinajstić information content (AvgIpc) is 2.54. The van der Waals surface area contributed by atoms with Crippen molar-refractivity contribution in [3.05, 3.63) is 0 Å². The van der Waals surface area contributed by atoms with E-state index < -0.39 is 54.5 Å². The molecule has 0 aromatic carbocycles. The Hall–Kier alpha value is -2.53. The van der Waals surface area contributed by atoms with Gasteiger partial charge in [-0.2, -0.15) is 0 Å². The molecule has 5 atom stereocenters. The van der Waals surface area contributed by atoms with Crippen LogP contribution in [0.5, 0.6) is 0 Å². The van der Waals surface area contributed by atoms with E-state index >= 15 is 0 Å². The van der Waals surface area contributed by atoms with Crippen LogP contribution in [0.15, 0.2) is 0 Å². The fraction of sp³-hybridized carbons (Fsp3) is 0.706. The highest BCUT2D eigenvalue weighted by atomic mass is 16.7. The average molecular weight is 403 g/mol. The fourth-order valence-corrected chi connectivity index (χ4v) is 2.63. The predicted molar refractivity (Wildman–Crippen MR) is 90.6 cm³/mol. The number of hydrogen-bond acceptors (Lipinski definition) is 10. The van der Waals surface area contributed by atoms with Gasteiger partial charge in [-0.1, -0.05) is 0 Å².